The number of hydrogen-bond acceptors (Lipinski definition) is 3. The van der Waals surface area contributed by atoms with Gasteiger partial charge in [-0.1, -0.05) is 45.0 Å². The van der Waals surface area contributed by atoms with Crippen molar-refractivity contribution in [1.82, 2.24) is 4.90 Å². The van der Waals surface area contributed by atoms with Crippen LogP contribution in [0.25, 0.3) is 0 Å². The van der Waals surface area contributed by atoms with Crippen molar-refractivity contribution in [3.63, 3.8) is 0 Å². The Bertz CT molecular complexity index is 453. The first kappa shape index (κ1) is 14.0. The van der Waals surface area contributed by atoms with Gasteiger partial charge in [0.15, 0.2) is 6.10 Å². The van der Waals surface area contributed by atoms with Crippen molar-refractivity contribution in [2.75, 3.05) is 19.7 Å². The molecule has 0 radical (unpaired) electrons. The lowest BCUT2D eigenvalue weighted by molar-refractivity contribution is -0.00269. The molecule has 1 unspecified atom stereocenters. The molecule has 1 aliphatic rings. The lowest BCUT2D eigenvalue weighted by atomic mass is 9.87. The number of benzene rings is 1. The zero-order chi connectivity index (χ0) is 13.9. The lowest BCUT2D eigenvalue weighted by Crippen LogP contribution is -2.41. The van der Waals surface area contributed by atoms with E-state index in [2.05, 4.69) is 56.0 Å². The molecule has 1 heterocycles. The molecule has 3 nitrogen and oxygen atoms in total. The van der Waals surface area contributed by atoms with Crippen molar-refractivity contribution in [2.45, 2.75) is 38.8 Å². The first-order chi connectivity index (χ1) is 8.99. The molecule has 1 aromatic rings. The topological polar surface area (TPSA) is 36.3 Å². The fraction of sp³-hybridized carbons (Fsp3) is 0.562. The molecule has 0 N–H and O–H groups in total. The van der Waals surface area contributed by atoms with Crippen LogP contribution < -0.4 is 0 Å². The maximum atomic E-state index is 8.90. The molecule has 1 saturated heterocycles. The van der Waals surface area contributed by atoms with E-state index < -0.39 is 0 Å². The summed E-state index contributed by atoms with van der Waals surface area (Å²) >= 11 is 0. The van der Waals surface area contributed by atoms with Crippen LogP contribution in [0.3, 0.4) is 0 Å². The first-order valence-electron chi connectivity index (χ1n) is 6.82. The second-order valence-electron chi connectivity index (χ2n) is 6.17. The Morgan fingerprint density at radius 3 is 2.58 bits per heavy atom. The quantitative estimate of drug-likeness (QED) is 0.818. The molecule has 0 aromatic heterocycles. The van der Waals surface area contributed by atoms with Gasteiger partial charge in [-0.25, -0.2) is 0 Å². The average molecular weight is 258 g/mol. The van der Waals surface area contributed by atoms with Gasteiger partial charge in [0.2, 0.25) is 0 Å². The Kier molecular flexibility index (Phi) is 4.24. The Morgan fingerprint density at radius 1 is 1.32 bits per heavy atom. The molecule has 1 atom stereocenters. The van der Waals surface area contributed by atoms with Gasteiger partial charge in [-0.3, -0.25) is 4.90 Å². The molecule has 1 aliphatic heterocycles. The Labute approximate surface area is 115 Å². The minimum absolute atomic E-state index is 0.198. The lowest BCUT2D eigenvalue weighted by Gasteiger charge is -2.29. The predicted octanol–water partition coefficient (Wildman–Crippen LogP) is 2.71. The smallest absolute Gasteiger partial charge is 0.156 e. The normalized spacial score (nSPS) is 21.1. The van der Waals surface area contributed by atoms with Crippen molar-refractivity contribution >= 4 is 0 Å². The second-order valence-corrected chi connectivity index (χ2v) is 6.17. The SMILES string of the molecule is CC(C)(C)c1ccc(CN2CCOC(C#N)C2)cc1. The van der Waals surface area contributed by atoms with Crippen molar-refractivity contribution in [3.05, 3.63) is 35.4 Å². The van der Waals surface area contributed by atoms with E-state index in [1.807, 2.05) is 0 Å². The summed E-state index contributed by atoms with van der Waals surface area (Å²) in [6, 6.07) is 11.0. The van der Waals surface area contributed by atoms with Gasteiger partial charge in [-0.05, 0) is 16.5 Å². The third kappa shape index (κ3) is 3.79. The fourth-order valence-corrected chi connectivity index (χ4v) is 2.29. The van der Waals surface area contributed by atoms with E-state index in [0.29, 0.717) is 13.2 Å². The van der Waals surface area contributed by atoms with Crippen LogP contribution in [0, 0.1) is 11.3 Å². The Balaban J connectivity index is 1.98. The van der Waals surface area contributed by atoms with Crippen molar-refractivity contribution in [1.29, 1.82) is 5.26 Å². The molecule has 102 valence electrons. The number of ether oxygens (including phenoxy) is 1. The van der Waals surface area contributed by atoms with E-state index in [1.165, 1.54) is 11.1 Å². The van der Waals surface area contributed by atoms with Crippen LogP contribution in [-0.2, 0) is 16.7 Å². The maximum absolute atomic E-state index is 8.90. The summed E-state index contributed by atoms with van der Waals surface area (Å²) in [5.41, 5.74) is 2.85. The summed E-state index contributed by atoms with van der Waals surface area (Å²) in [6.45, 7) is 9.82. The summed E-state index contributed by atoms with van der Waals surface area (Å²) in [6.07, 6.45) is -0.275. The highest BCUT2D eigenvalue weighted by Gasteiger charge is 2.20. The number of hydrogen-bond donors (Lipinski definition) is 0. The minimum atomic E-state index is -0.275. The second kappa shape index (κ2) is 5.73. The van der Waals surface area contributed by atoms with Gasteiger partial charge in [0.05, 0.1) is 12.7 Å². The first-order valence-corrected chi connectivity index (χ1v) is 6.82. The molecule has 3 heteroatoms. The molecule has 0 amide bonds. The monoisotopic (exact) mass is 258 g/mol. The van der Waals surface area contributed by atoms with Gasteiger partial charge in [-0.15, -0.1) is 0 Å². The van der Waals surface area contributed by atoms with Crippen molar-refractivity contribution in [3.8, 4) is 6.07 Å². The van der Waals surface area contributed by atoms with Gasteiger partial charge >= 0.3 is 0 Å². The van der Waals surface area contributed by atoms with E-state index in [0.717, 1.165) is 13.1 Å². The molecule has 1 fully saturated rings. The average Bonchev–Trinajstić information content (AvgIpc) is 2.38. The van der Waals surface area contributed by atoms with Gasteiger partial charge in [-0.2, -0.15) is 5.26 Å². The van der Waals surface area contributed by atoms with Crippen LogP contribution in [0.5, 0.6) is 0 Å². The summed E-state index contributed by atoms with van der Waals surface area (Å²) in [7, 11) is 0. The largest absolute Gasteiger partial charge is 0.361 e. The predicted molar refractivity (Wildman–Crippen MR) is 75.8 cm³/mol. The van der Waals surface area contributed by atoms with Crippen LogP contribution in [0.1, 0.15) is 31.9 Å². The third-order valence-electron chi connectivity index (χ3n) is 3.52. The number of nitriles is 1. The van der Waals surface area contributed by atoms with Crippen LogP contribution in [-0.4, -0.2) is 30.7 Å². The Morgan fingerprint density at radius 2 is 2.00 bits per heavy atom. The van der Waals surface area contributed by atoms with Crippen molar-refractivity contribution in [2.24, 2.45) is 0 Å². The number of nitrogens with zero attached hydrogens (tertiary/aromatic N) is 2. The highest BCUT2D eigenvalue weighted by molar-refractivity contribution is 5.27. The zero-order valence-electron chi connectivity index (χ0n) is 12.0. The van der Waals surface area contributed by atoms with Crippen LogP contribution in [0.4, 0.5) is 0 Å². The summed E-state index contributed by atoms with van der Waals surface area (Å²) in [4.78, 5) is 2.28. The van der Waals surface area contributed by atoms with E-state index in [4.69, 9.17) is 10.00 Å². The maximum Gasteiger partial charge on any atom is 0.156 e. The van der Waals surface area contributed by atoms with Crippen molar-refractivity contribution < 1.29 is 4.74 Å². The highest BCUT2D eigenvalue weighted by atomic mass is 16.5. The van der Waals surface area contributed by atoms with E-state index >= 15 is 0 Å². The van der Waals surface area contributed by atoms with Crippen LogP contribution in [0.2, 0.25) is 0 Å². The summed E-state index contributed by atoms with van der Waals surface area (Å²) < 4.78 is 5.36. The van der Waals surface area contributed by atoms with Gasteiger partial charge < -0.3 is 4.74 Å². The minimum Gasteiger partial charge on any atom is -0.361 e. The molecule has 19 heavy (non-hydrogen) atoms. The fourth-order valence-electron chi connectivity index (χ4n) is 2.29. The van der Waals surface area contributed by atoms with E-state index in [-0.39, 0.29) is 11.5 Å². The molecular formula is C16H22N2O. The molecule has 2 rings (SSSR count). The summed E-state index contributed by atoms with van der Waals surface area (Å²) in [5.74, 6) is 0. The molecule has 0 bridgehead atoms. The van der Waals surface area contributed by atoms with Gasteiger partial charge in [0.25, 0.3) is 0 Å². The third-order valence-corrected chi connectivity index (χ3v) is 3.52. The van der Waals surface area contributed by atoms with Crippen LogP contribution >= 0.6 is 0 Å². The molecule has 0 saturated carbocycles. The number of morpholine rings is 1. The molecule has 0 spiro atoms. The zero-order valence-corrected chi connectivity index (χ0v) is 12.0. The molecule has 1 aromatic carbocycles. The Hall–Kier alpha value is -1.37. The summed E-state index contributed by atoms with van der Waals surface area (Å²) in [5, 5.41) is 8.90. The van der Waals surface area contributed by atoms with E-state index in [9.17, 15) is 0 Å². The standard InChI is InChI=1S/C16H22N2O/c1-16(2,3)14-6-4-13(5-7-14)11-18-8-9-19-15(10-17)12-18/h4-7,15H,8-9,11-12H2,1-3H3. The van der Waals surface area contributed by atoms with Gasteiger partial charge in [0.1, 0.15) is 0 Å². The van der Waals surface area contributed by atoms with Crippen LogP contribution in [0.15, 0.2) is 24.3 Å². The molecular weight excluding hydrogens is 236 g/mol. The van der Waals surface area contributed by atoms with E-state index in [1.54, 1.807) is 0 Å². The molecule has 0 aliphatic carbocycles. The highest BCUT2D eigenvalue weighted by Crippen LogP contribution is 2.22. The van der Waals surface area contributed by atoms with Gasteiger partial charge in [0, 0.05) is 19.6 Å². The number of rotatable bonds is 2.